The van der Waals surface area contributed by atoms with Crippen LogP contribution in [0.3, 0.4) is 0 Å². The molecule has 0 aromatic heterocycles. The molecule has 1 fully saturated rings. The van der Waals surface area contributed by atoms with Crippen LogP contribution >= 0.6 is 0 Å². The van der Waals surface area contributed by atoms with Crippen LogP contribution in [0.1, 0.15) is 33.6 Å². The van der Waals surface area contributed by atoms with Gasteiger partial charge in [0.25, 0.3) is 17.7 Å². The van der Waals surface area contributed by atoms with Gasteiger partial charge in [-0.25, -0.2) is 0 Å². The highest BCUT2D eigenvalue weighted by Crippen LogP contribution is 2.30. The fourth-order valence-corrected chi connectivity index (χ4v) is 3.46. The first-order valence-corrected chi connectivity index (χ1v) is 9.95. The lowest BCUT2D eigenvalue weighted by Gasteiger charge is -2.27. The molecule has 3 rings (SSSR count). The van der Waals surface area contributed by atoms with Crippen LogP contribution in [0, 0.1) is 0 Å². The van der Waals surface area contributed by atoms with Crippen LogP contribution in [-0.2, 0) is 14.4 Å². The Bertz CT molecular complexity index is 917. The highest BCUT2D eigenvalue weighted by Gasteiger charge is 2.44. The number of amides is 5. The Morgan fingerprint density at radius 1 is 1.23 bits per heavy atom. The lowest BCUT2D eigenvalue weighted by molar-refractivity contribution is -0.136. The lowest BCUT2D eigenvalue weighted by atomic mass is 10.0. The minimum Gasteiger partial charge on any atom is -0.484 e. The number of benzene rings is 1. The predicted molar refractivity (Wildman–Crippen MR) is 108 cm³/mol. The van der Waals surface area contributed by atoms with E-state index in [-0.39, 0.29) is 42.2 Å². The van der Waals surface area contributed by atoms with E-state index in [0.717, 1.165) is 11.4 Å². The highest BCUT2D eigenvalue weighted by molar-refractivity contribution is 6.23. The van der Waals surface area contributed by atoms with E-state index >= 15 is 0 Å². The Kier molecular flexibility index (Phi) is 6.98. The van der Waals surface area contributed by atoms with E-state index < -0.39 is 29.7 Å². The van der Waals surface area contributed by atoms with Crippen LogP contribution in [-0.4, -0.2) is 85.2 Å². The molecule has 11 heteroatoms. The van der Waals surface area contributed by atoms with Crippen molar-refractivity contribution in [3.8, 4) is 5.75 Å². The summed E-state index contributed by atoms with van der Waals surface area (Å²) in [6, 6.07) is 3.26. The van der Waals surface area contributed by atoms with Crippen molar-refractivity contribution in [1.29, 1.82) is 0 Å². The monoisotopic (exact) mass is 431 g/mol. The van der Waals surface area contributed by atoms with Crippen molar-refractivity contribution in [2.45, 2.75) is 18.9 Å². The molecule has 0 saturated carbocycles. The molecule has 31 heavy (non-hydrogen) atoms. The number of fused-ring (bicyclic) bond motifs is 1. The molecule has 166 valence electrons. The van der Waals surface area contributed by atoms with Gasteiger partial charge in [0.05, 0.1) is 11.1 Å². The maximum atomic E-state index is 12.8. The summed E-state index contributed by atoms with van der Waals surface area (Å²) < 4.78 is 5.45. The van der Waals surface area contributed by atoms with E-state index in [1.807, 2.05) is 11.9 Å². The number of hydrogen-bond donors (Lipinski definition) is 3. The molecule has 1 saturated heterocycles. The van der Waals surface area contributed by atoms with Gasteiger partial charge in [-0.3, -0.25) is 34.2 Å². The Hall–Kier alpha value is -3.31. The van der Waals surface area contributed by atoms with Gasteiger partial charge in [-0.15, -0.1) is 0 Å². The minimum atomic E-state index is -1.03. The number of piperidine rings is 1. The van der Waals surface area contributed by atoms with Crippen LogP contribution in [0.25, 0.3) is 0 Å². The molecule has 0 radical (unpaired) electrons. The number of nitrogens with zero attached hydrogens (tertiary/aromatic N) is 2. The van der Waals surface area contributed by atoms with Gasteiger partial charge in [0.1, 0.15) is 11.8 Å². The van der Waals surface area contributed by atoms with Gasteiger partial charge in [0.2, 0.25) is 11.8 Å². The van der Waals surface area contributed by atoms with Crippen LogP contribution in [0.15, 0.2) is 18.2 Å². The van der Waals surface area contributed by atoms with Crippen molar-refractivity contribution in [1.82, 2.24) is 20.4 Å². The maximum Gasteiger partial charge on any atom is 0.262 e. The number of nitrogens with two attached hydrogens (primary N) is 1. The fourth-order valence-electron chi connectivity index (χ4n) is 3.46. The van der Waals surface area contributed by atoms with Crippen molar-refractivity contribution in [2.75, 3.05) is 39.8 Å². The molecule has 1 unspecified atom stereocenters. The first-order valence-electron chi connectivity index (χ1n) is 9.95. The topological polar surface area (TPSA) is 151 Å². The van der Waals surface area contributed by atoms with Crippen molar-refractivity contribution >= 4 is 29.5 Å². The largest absolute Gasteiger partial charge is 0.484 e. The van der Waals surface area contributed by atoms with Gasteiger partial charge in [-0.1, -0.05) is 0 Å². The molecule has 1 atom stereocenters. The molecule has 0 spiro atoms. The van der Waals surface area contributed by atoms with Crippen molar-refractivity contribution in [2.24, 2.45) is 5.73 Å². The zero-order chi connectivity index (χ0) is 22.5. The molecule has 0 aliphatic carbocycles. The zero-order valence-electron chi connectivity index (χ0n) is 17.2. The fraction of sp³-hybridized carbons (Fsp3) is 0.450. The van der Waals surface area contributed by atoms with Gasteiger partial charge < -0.3 is 20.7 Å². The van der Waals surface area contributed by atoms with E-state index in [9.17, 15) is 24.0 Å². The summed E-state index contributed by atoms with van der Waals surface area (Å²) in [6.07, 6.45) is 0.134. The molecule has 2 aliphatic heterocycles. The maximum absolute atomic E-state index is 12.8. The summed E-state index contributed by atoms with van der Waals surface area (Å²) in [7, 11) is 1.90. The van der Waals surface area contributed by atoms with Gasteiger partial charge in [-0.05, 0) is 31.7 Å². The van der Waals surface area contributed by atoms with E-state index in [4.69, 9.17) is 10.5 Å². The molecular weight excluding hydrogens is 406 g/mol. The summed E-state index contributed by atoms with van der Waals surface area (Å²) in [6.45, 7) is 2.10. The normalized spacial score (nSPS) is 18.3. The van der Waals surface area contributed by atoms with Gasteiger partial charge >= 0.3 is 0 Å². The van der Waals surface area contributed by atoms with Crippen molar-refractivity contribution in [3.63, 3.8) is 0 Å². The van der Waals surface area contributed by atoms with E-state index in [1.54, 1.807) is 0 Å². The molecular formula is C20H25N5O6. The molecule has 4 N–H and O–H groups in total. The number of carbonyl (C=O) groups is 5. The summed E-state index contributed by atoms with van der Waals surface area (Å²) in [5.41, 5.74) is 5.70. The van der Waals surface area contributed by atoms with E-state index in [0.29, 0.717) is 19.6 Å². The zero-order valence-corrected chi connectivity index (χ0v) is 17.2. The van der Waals surface area contributed by atoms with E-state index in [1.165, 1.54) is 18.2 Å². The van der Waals surface area contributed by atoms with Crippen molar-refractivity contribution in [3.05, 3.63) is 29.3 Å². The first-order chi connectivity index (χ1) is 14.8. The first kappa shape index (κ1) is 22.4. The number of hydrogen-bond acceptors (Lipinski definition) is 8. The van der Waals surface area contributed by atoms with Gasteiger partial charge in [-0.2, -0.15) is 0 Å². The Labute approximate surface area is 178 Å². The molecule has 2 aliphatic rings. The second kappa shape index (κ2) is 9.67. The average Bonchev–Trinajstić information content (AvgIpc) is 2.97. The smallest absolute Gasteiger partial charge is 0.262 e. The average molecular weight is 431 g/mol. The number of nitrogens with one attached hydrogen (secondary N) is 2. The number of likely N-dealkylation sites (N-methyl/N-ethyl adjacent to an activating group) is 1. The number of imide groups is 2. The number of carbonyl (C=O) groups excluding carboxylic acids is 5. The minimum absolute atomic E-state index is 0.0509. The van der Waals surface area contributed by atoms with Crippen LogP contribution < -0.4 is 21.1 Å². The molecule has 11 nitrogen and oxygen atoms in total. The standard InChI is InChI=1S/C20H25N5O6/c1-24(8-6-21)9-7-22-17(27)11-31-12-2-3-13-14(10-12)20(30)25(19(13)29)15-4-5-16(26)23-18(15)28/h2-3,10,15H,4-9,11,21H2,1H3,(H,22,27)(H,23,26,28). The molecule has 1 aromatic rings. The Balaban J connectivity index is 1.58. The van der Waals surface area contributed by atoms with E-state index in [2.05, 4.69) is 10.6 Å². The molecule has 0 bridgehead atoms. The quantitative estimate of drug-likeness (QED) is 0.399. The summed E-state index contributed by atoms with van der Waals surface area (Å²) in [5.74, 6) is -2.41. The Morgan fingerprint density at radius 3 is 2.68 bits per heavy atom. The Morgan fingerprint density at radius 2 is 1.97 bits per heavy atom. The third-order valence-corrected chi connectivity index (χ3v) is 5.11. The summed E-state index contributed by atoms with van der Waals surface area (Å²) in [4.78, 5) is 63.7. The second-order valence-electron chi connectivity index (χ2n) is 7.39. The number of ether oxygens (including phenoxy) is 1. The van der Waals surface area contributed by atoms with Crippen LogP contribution in [0.2, 0.25) is 0 Å². The third kappa shape index (κ3) is 5.06. The van der Waals surface area contributed by atoms with Crippen LogP contribution in [0.4, 0.5) is 0 Å². The third-order valence-electron chi connectivity index (χ3n) is 5.11. The summed E-state index contributed by atoms with van der Waals surface area (Å²) >= 11 is 0. The summed E-state index contributed by atoms with van der Waals surface area (Å²) in [5, 5.41) is 4.87. The lowest BCUT2D eigenvalue weighted by Crippen LogP contribution is -2.54. The SMILES string of the molecule is CN(CCN)CCNC(=O)COc1ccc2c(c1)C(=O)N(C1CCC(=O)NC1=O)C2=O. The number of rotatable bonds is 9. The molecule has 2 heterocycles. The second-order valence-corrected chi connectivity index (χ2v) is 7.39. The van der Waals surface area contributed by atoms with Gasteiger partial charge in [0.15, 0.2) is 6.61 Å². The predicted octanol–water partition coefficient (Wildman–Crippen LogP) is -1.53. The molecule has 1 aromatic carbocycles. The van der Waals surface area contributed by atoms with Gasteiger partial charge in [0, 0.05) is 32.6 Å². The molecule has 5 amide bonds. The van der Waals surface area contributed by atoms with Crippen molar-refractivity contribution < 1.29 is 28.7 Å². The van der Waals surface area contributed by atoms with Crippen LogP contribution in [0.5, 0.6) is 5.75 Å². The highest BCUT2D eigenvalue weighted by atomic mass is 16.5.